The van der Waals surface area contributed by atoms with Crippen LogP contribution in [0.3, 0.4) is 0 Å². The smallest absolute Gasteiger partial charge is 0.136 e. The molecule has 1 fully saturated rings. The van der Waals surface area contributed by atoms with E-state index in [4.69, 9.17) is 16.3 Å². The summed E-state index contributed by atoms with van der Waals surface area (Å²) in [5, 5.41) is 0.349. The molecule has 1 aliphatic carbocycles. The van der Waals surface area contributed by atoms with E-state index in [0.29, 0.717) is 33.9 Å². The maximum Gasteiger partial charge on any atom is 0.136 e. The van der Waals surface area contributed by atoms with E-state index in [1.165, 1.54) is 13.2 Å². The number of rotatable bonds is 3. The first-order valence-corrected chi connectivity index (χ1v) is 6.43. The molecule has 1 aliphatic rings. The monoisotopic (exact) mass is 278 g/mol. The van der Waals surface area contributed by atoms with Crippen molar-refractivity contribution in [1.29, 1.82) is 0 Å². The van der Waals surface area contributed by atoms with Gasteiger partial charge in [0.15, 0.2) is 0 Å². The average Bonchev–Trinajstić information content (AvgIpc) is 3.22. The minimum Gasteiger partial charge on any atom is -0.497 e. The molecular formula is C14H12ClFN2O. The van der Waals surface area contributed by atoms with Crippen molar-refractivity contribution >= 4 is 11.6 Å². The summed E-state index contributed by atoms with van der Waals surface area (Å²) in [5.74, 6) is 1.18. The number of methoxy groups -OCH3 is 1. The van der Waals surface area contributed by atoms with Crippen molar-refractivity contribution in [1.82, 2.24) is 9.97 Å². The van der Waals surface area contributed by atoms with Crippen LogP contribution >= 0.6 is 11.6 Å². The van der Waals surface area contributed by atoms with Crippen molar-refractivity contribution in [2.24, 2.45) is 0 Å². The van der Waals surface area contributed by atoms with Crippen molar-refractivity contribution in [2.45, 2.75) is 18.8 Å². The minimum absolute atomic E-state index is 0.349. The van der Waals surface area contributed by atoms with Crippen LogP contribution in [0.25, 0.3) is 11.3 Å². The molecule has 1 aromatic carbocycles. The van der Waals surface area contributed by atoms with Gasteiger partial charge in [-0.25, -0.2) is 14.4 Å². The zero-order chi connectivity index (χ0) is 13.4. The van der Waals surface area contributed by atoms with E-state index in [1.54, 1.807) is 18.2 Å². The lowest BCUT2D eigenvalue weighted by molar-refractivity contribution is 0.411. The second-order valence-corrected chi connectivity index (χ2v) is 4.94. The van der Waals surface area contributed by atoms with E-state index < -0.39 is 0 Å². The highest BCUT2D eigenvalue weighted by Crippen LogP contribution is 2.39. The van der Waals surface area contributed by atoms with Gasteiger partial charge in [-0.3, -0.25) is 0 Å². The molecule has 19 heavy (non-hydrogen) atoms. The SMILES string of the molecule is COc1ccc(-c2cc(Cl)nc(C3CC3)n2)c(F)c1. The Bertz CT molecular complexity index is 629. The van der Waals surface area contributed by atoms with E-state index in [1.807, 2.05) is 0 Å². The Hall–Kier alpha value is -1.68. The molecule has 5 heteroatoms. The molecule has 0 bridgehead atoms. The molecule has 0 amide bonds. The number of nitrogens with zero attached hydrogens (tertiary/aromatic N) is 2. The summed E-state index contributed by atoms with van der Waals surface area (Å²) in [5.41, 5.74) is 0.925. The highest BCUT2D eigenvalue weighted by atomic mass is 35.5. The van der Waals surface area contributed by atoms with Crippen LogP contribution in [0.5, 0.6) is 5.75 Å². The lowest BCUT2D eigenvalue weighted by Gasteiger charge is -2.07. The molecule has 2 aromatic rings. The number of ether oxygens (including phenoxy) is 1. The molecule has 0 atom stereocenters. The first-order chi connectivity index (χ1) is 9.17. The van der Waals surface area contributed by atoms with Crippen molar-refractivity contribution in [3.63, 3.8) is 0 Å². The topological polar surface area (TPSA) is 35.0 Å². The summed E-state index contributed by atoms with van der Waals surface area (Å²) in [6.07, 6.45) is 2.15. The molecule has 0 N–H and O–H groups in total. The highest BCUT2D eigenvalue weighted by Gasteiger charge is 2.27. The lowest BCUT2D eigenvalue weighted by atomic mass is 10.1. The summed E-state index contributed by atoms with van der Waals surface area (Å²) in [6.45, 7) is 0. The van der Waals surface area contributed by atoms with Gasteiger partial charge in [0.25, 0.3) is 0 Å². The molecule has 0 saturated heterocycles. The molecule has 0 aliphatic heterocycles. The van der Waals surface area contributed by atoms with E-state index >= 15 is 0 Å². The number of hydrogen-bond donors (Lipinski definition) is 0. The van der Waals surface area contributed by atoms with Crippen molar-refractivity contribution in [3.05, 3.63) is 41.1 Å². The quantitative estimate of drug-likeness (QED) is 0.801. The third-order valence-corrected chi connectivity index (χ3v) is 3.30. The fraction of sp³-hybridized carbons (Fsp3) is 0.286. The Morgan fingerprint density at radius 2 is 2.05 bits per heavy atom. The Kier molecular flexibility index (Phi) is 3.11. The van der Waals surface area contributed by atoms with E-state index in [0.717, 1.165) is 12.8 Å². The molecule has 98 valence electrons. The van der Waals surface area contributed by atoms with E-state index in [9.17, 15) is 4.39 Å². The van der Waals surface area contributed by atoms with Crippen LogP contribution in [-0.2, 0) is 0 Å². The minimum atomic E-state index is -0.379. The highest BCUT2D eigenvalue weighted by molar-refractivity contribution is 6.29. The molecule has 3 rings (SSSR count). The zero-order valence-electron chi connectivity index (χ0n) is 10.4. The molecule has 1 heterocycles. The Morgan fingerprint density at radius 1 is 1.26 bits per heavy atom. The summed E-state index contributed by atoms with van der Waals surface area (Å²) in [6, 6.07) is 6.26. The first-order valence-electron chi connectivity index (χ1n) is 6.06. The van der Waals surface area contributed by atoms with Gasteiger partial charge in [0.2, 0.25) is 0 Å². The fourth-order valence-electron chi connectivity index (χ4n) is 1.93. The van der Waals surface area contributed by atoms with Gasteiger partial charge < -0.3 is 4.74 Å². The zero-order valence-corrected chi connectivity index (χ0v) is 11.1. The molecular weight excluding hydrogens is 267 g/mol. The third-order valence-electron chi connectivity index (χ3n) is 3.11. The van der Waals surface area contributed by atoms with Gasteiger partial charge in [-0.05, 0) is 25.0 Å². The standard InChI is InChI=1S/C14H12ClFN2O/c1-19-9-4-5-10(11(16)6-9)12-7-13(15)18-14(17-12)8-2-3-8/h4-8H,2-3H2,1H3. The molecule has 1 saturated carbocycles. The Morgan fingerprint density at radius 3 is 2.68 bits per heavy atom. The van der Waals surface area contributed by atoms with Crippen LogP contribution in [-0.4, -0.2) is 17.1 Å². The maximum absolute atomic E-state index is 14.0. The van der Waals surface area contributed by atoms with E-state index in [2.05, 4.69) is 9.97 Å². The molecule has 3 nitrogen and oxygen atoms in total. The Balaban J connectivity index is 2.05. The number of aromatic nitrogens is 2. The van der Waals surface area contributed by atoms with Gasteiger partial charge in [-0.15, -0.1) is 0 Å². The van der Waals surface area contributed by atoms with Gasteiger partial charge in [-0.1, -0.05) is 11.6 Å². The average molecular weight is 279 g/mol. The van der Waals surface area contributed by atoms with Gasteiger partial charge in [0.05, 0.1) is 12.8 Å². The largest absolute Gasteiger partial charge is 0.497 e. The number of benzene rings is 1. The first kappa shape index (κ1) is 12.4. The van der Waals surface area contributed by atoms with Crippen LogP contribution in [0, 0.1) is 5.82 Å². The third kappa shape index (κ3) is 2.54. The molecule has 0 unspecified atom stereocenters. The lowest BCUT2D eigenvalue weighted by Crippen LogP contribution is -1.97. The molecule has 0 radical (unpaired) electrons. The van der Waals surface area contributed by atoms with Crippen LogP contribution in [0.1, 0.15) is 24.6 Å². The fourth-order valence-corrected chi connectivity index (χ4v) is 2.12. The van der Waals surface area contributed by atoms with Crippen molar-refractivity contribution in [3.8, 4) is 17.0 Å². The van der Waals surface area contributed by atoms with Crippen molar-refractivity contribution in [2.75, 3.05) is 7.11 Å². The predicted octanol–water partition coefficient (Wildman–Crippen LogP) is 3.82. The summed E-state index contributed by atoms with van der Waals surface area (Å²) in [7, 11) is 1.50. The maximum atomic E-state index is 14.0. The van der Waals surface area contributed by atoms with Gasteiger partial charge in [0.1, 0.15) is 22.5 Å². The summed E-state index contributed by atoms with van der Waals surface area (Å²) in [4.78, 5) is 8.60. The second-order valence-electron chi connectivity index (χ2n) is 4.55. The molecule has 1 aromatic heterocycles. The summed E-state index contributed by atoms with van der Waals surface area (Å²) < 4.78 is 19.0. The van der Waals surface area contributed by atoms with E-state index in [-0.39, 0.29) is 5.82 Å². The second kappa shape index (κ2) is 4.78. The van der Waals surface area contributed by atoms with Crippen molar-refractivity contribution < 1.29 is 9.13 Å². The van der Waals surface area contributed by atoms with Gasteiger partial charge >= 0.3 is 0 Å². The predicted molar refractivity (Wildman–Crippen MR) is 71.0 cm³/mol. The number of hydrogen-bond acceptors (Lipinski definition) is 3. The van der Waals surface area contributed by atoms with Crippen LogP contribution < -0.4 is 4.74 Å². The summed E-state index contributed by atoms with van der Waals surface area (Å²) >= 11 is 5.98. The Labute approximate surface area is 115 Å². The van der Waals surface area contributed by atoms with Crippen LogP contribution in [0.15, 0.2) is 24.3 Å². The normalized spacial score (nSPS) is 14.5. The van der Waals surface area contributed by atoms with Crippen LogP contribution in [0.2, 0.25) is 5.15 Å². The number of halogens is 2. The van der Waals surface area contributed by atoms with Gasteiger partial charge in [0, 0.05) is 23.6 Å². The molecule has 0 spiro atoms. The van der Waals surface area contributed by atoms with Crippen LogP contribution in [0.4, 0.5) is 4.39 Å². The van der Waals surface area contributed by atoms with Gasteiger partial charge in [-0.2, -0.15) is 0 Å².